The fourth-order valence-corrected chi connectivity index (χ4v) is 3.33. The number of methoxy groups -OCH3 is 1. The van der Waals surface area contributed by atoms with Crippen LogP contribution in [0.3, 0.4) is 0 Å². The van der Waals surface area contributed by atoms with Crippen LogP contribution < -0.4 is 15.0 Å². The molecule has 0 aromatic heterocycles. The third-order valence-corrected chi connectivity index (χ3v) is 4.83. The average Bonchev–Trinajstić information content (AvgIpc) is 2.77. The van der Waals surface area contributed by atoms with Gasteiger partial charge in [0.15, 0.2) is 5.96 Å². The summed E-state index contributed by atoms with van der Waals surface area (Å²) >= 11 is 0. The topological polar surface area (TPSA) is 63.9 Å². The number of anilines is 1. The predicted octanol–water partition coefficient (Wildman–Crippen LogP) is 3.47. The van der Waals surface area contributed by atoms with Gasteiger partial charge in [-0.25, -0.2) is 4.99 Å². The van der Waals surface area contributed by atoms with Gasteiger partial charge in [0.1, 0.15) is 5.75 Å². The zero-order valence-electron chi connectivity index (χ0n) is 17.0. The number of rotatable bonds is 5. The summed E-state index contributed by atoms with van der Waals surface area (Å²) in [5.74, 6) is 1.85. The van der Waals surface area contributed by atoms with Crippen LogP contribution in [0.15, 0.2) is 53.5 Å². The first-order valence-corrected chi connectivity index (χ1v) is 9.65. The maximum atomic E-state index is 8.92. The third kappa shape index (κ3) is 6.00. The van der Waals surface area contributed by atoms with Crippen LogP contribution in [0.5, 0.6) is 5.75 Å². The Hall–Kier alpha value is -2.47. The summed E-state index contributed by atoms with van der Waals surface area (Å²) in [6.07, 6.45) is 0. The molecule has 0 radical (unpaired) electrons. The zero-order chi connectivity index (χ0) is 19.8. The number of aliphatic imine (C=N–C) groups is 1. The van der Waals surface area contributed by atoms with Gasteiger partial charge in [-0.05, 0) is 36.8 Å². The van der Waals surface area contributed by atoms with Crippen molar-refractivity contribution in [2.24, 2.45) is 4.99 Å². The highest BCUT2D eigenvalue weighted by Gasteiger charge is 2.21. The SMILES string of the molecule is CCNC(=NCc1ccc(C#N)cc1)N1CCN(c2ccccc2OC)CC1.I. The van der Waals surface area contributed by atoms with Crippen molar-refractivity contribution >= 4 is 35.6 Å². The van der Waals surface area contributed by atoms with Gasteiger partial charge in [-0.3, -0.25) is 0 Å². The van der Waals surface area contributed by atoms with Gasteiger partial charge in [-0.1, -0.05) is 24.3 Å². The second-order valence-corrected chi connectivity index (χ2v) is 6.62. The number of para-hydroxylation sites is 2. The molecule has 0 bridgehead atoms. The normalized spacial score (nSPS) is 14.0. The number of nitrogens with one attached hydrogen (secondary N) is 1. The largest absolute Gasteiger partial charge is 0.495 e. The number of piperazine rings is 1. The van der Waals surface area contributed by atoms with E-state index < -0.39 is 0 Å². The van der Waals surface area contributed by atoms with Crippen LogP contribution in [0.2, 0.25) is 0 Å². The fraction of sp³-hybridized carbons (Fsp3) is 0.364. The van der Waals surface area contributed by atoms with Crippen molar-refractivity contribution in [1.29, 1.82) is 5.26 Å². The number of guanidine groups is 1. The maximum absolute atomic E-state index is 8.92. The van der Waals surface area contributed by atoms with E-state index in [1.165, 1.54) is 0 Å². The minimum atomic E-state index is 0. The molecule has 3 rings (SSSR count). The van der Waals surface area contributed by atoms with Gasteiger partial charge in [-0.15, -0.1) is 24.0 Å². The van der Waals surface area contributed by atoms with Crippen LogP contribution in [0, 0.1) is 11.3 Å². The van der Waals surface area contributed by atoms with E-state index in [0.29, 0.717) is 12.1 Å². The highest BCUT2D eigenvalue weighted by Crippen LogP contribution is 2.28. The maximum Gasteiger partial charge on any atom is 0.194 e. The lowest BCUT2D eigenvalue weighted by atomic mass is 10.1. The Kier molecular flexibility index (Phi) is 9.06. The summed E-state index contributed by atoms with van der Waals surface area (Å²) in [6.45, 7) is 7.15. The molecule has 7 heteroatoms. The molecule has 0 spiro atoms. The van der Waals surface area contributed by atoms with Crippen LogP contribution in [-0.2, 0) is 6.54 Å². The Morgan fingerprint density at radius 3 is 2.41 bits per heavy atom. The molecule has 1 N–H and O–H groups in total. The second kappa shape index (κ2) is 11.5. The van der Waals surface area contributed by atoms with E-state index in [9.17, 15) is 0 Å². The minimum absolute atomic E-state index is 0. The highest BCUT2D eigenvalue weighted by molar-refractivity contribution is 14.0. The number of ether oxygens (including phenoxy) is 1. The van der Waals surface area contributed by atoms with Crippen molar-refractivity contribution < 1.29 is 4.74 Å². The van der Waals surface area contributed by atoms with Crippen LogP contribution in [0.25, 0.3) is 0 Å². The van der Waals surface area contributed by atoms with Crippen LogP contribution in [0.4, 0.5) is 5.69 Å². The molecule has 1 saturated heterocycles. The lowest BCUT2D eigenvalue weighted by Crippen LogP contribution is -2.52. The first kappa shape index (κ1) is 22.8. The van der Waals surface area contributed by atoms with E-state index in [1.807, 2.05) is 42.5 Å². The molecule has 6 nitrogen and oxygen atoms in total. The Morgan fingerprint density at radius 2 is 1.79 bits per heavy atom. The van der Waals surface area contributed by atoms with Gasteiger partial charge in [-0.2, -0.15) is 5.26 Å². The molecule has 1 fully saturated rings. The number of halogens is 1. The van der Waals surface area contributed by atoms with Crippen molar-refractivity contribution in [3.8, 4) is 11.8 Å². The highest BCUT2D eigenvalue weighted by atomic mass is 127. The second-order valence-electron chi connectivity index (χ2n) is 6.62. The molecule has 29 heavy (non-hydrogen) atoms. The van der Waals surface area contributed by atoms with Crippen molar-refractivity contribution in [2.45, 2.75) is 13.5 Å². The van der Waals surface area contributed by atoms with Crippen LogP contribution in [-0.4, -0.2) is 50.7 Å². The molecule has 0 amide bonds. The van der Waals surface area contributed by atoms with Gasteiger partial charge in [0, 0.05) is 32.7 Å². The Labute approximate surface area is 190 Å². The molecule has 2 aromatic carbocycles. The third-order valence-electron chi connectivity index (χ3n) is 4.83. The number of hydrogen-bond acceptors (Lipinski definition) is 4. The predicted molar refractivity (Wildman–Crippen MR) is 128 cm³/mol. The van der Waals surface area contributed by atoms with E-state index in [2.05, 4.69) is 34.2 Å². The Balaban J connectivity index is 0.00000300. The molecule has 154 valence electrons. The van der Waals surface area contributed by atoms with Crippen molar-refractivity contribution in [3.05, 3.63) is 59.7 Å². The fourth-order valence-electron chi connectivity index (χ4n) is 3.33. The van der Waals surface area contributed by atoms with Gasteiger partial charge in [0.05, 0.1) is 31.0 Å². The summed E-state index contributed by atoms with van der Waals surface area (Å²) in [4.78, 5) is 9.46. The Bertz CT molecular complexity index is 839. The van der Waals surface area contributed by atoms with Gasteiger partial charge in [0.25, 0.3) is 0 Å². The van der Waals surface area contributed by atoms with Crippen molar-refractivity contribution in [3.63, 3.8) is 0 Å². The summed E-state index contributed by atoms with van der Waals surface area (Å²) < 4.78 is 5.50. The zero-order valence-corrected chi connectivity index (χ0v) is 19.3. The van der Waals surface area contributed by atoms with E-state index in [0.717, 1.165) is 55.7 Å². The standard InChI is InChI=1S/C22H27N5O.HI/c1-3-24-22(25-17-19-10-8-18(16-23)9-11-19)27-14-12-26(13-15-27)20-6-4-5-7-21(20)28-2;/h4-11H,3,12-15,17H2,1-2H3,(H,24,25);1H. The van der Waals surface area contributed by atoms with E-state index in [-0.39, 0.29) is 24.0 Å². The molecule has 1 heterocycles. The molecule has 1 aliphatic rings. The Morgan fingerprint density at radius 1 is 1.10 bits per heavy atom. The number of nitriles is 1. The van der Waals surface area contributed by atoms with E-state index in [1.54, 1.807) is 7.11 Å². The minimum Gasteiger partial charge on any atom is -0.495 e. The van der Waals surface area contributed by atoms with Gasteiger partial charge in [0.2, 0.25) is 0 Å². The van der Waals surface area contributed by atoms with E-state index >= 15 is 0 Å². The number of hydrogen-bond donors (Lipinski definition) is 1. The van der Waals surface area contributed by atoms with Crippen LogP contribution in [0.1, 0.15) is 18.1 Å². The lowest BCUT2D eigenvalue weighted by Gasteiger charge is -2.38. The molecular formula is C22H28IN5O. The van der Waals surface area contributed by atoms with Crippen LogP contribution >= 0.6 is 24.0 Å². The average molecular weight is 505 g/mol. The molecule has 2 aromatic rings. The van der Waals surface area contributed by atoms with Crippen molar-refractivity contribution in [1.82, 2.24) is 10.2 Å². The smallest absolute Gasteiger partial charge is 0.194 e. The lowest BCUT2D eigenvalue weighted by molar-refractivity contribution is 0.367. The first-order chi connectivity index (χ1) is 13.7. The molecule has 0 saturated carbocycles. The van der Waals surface area contributed by atoms with Gasteiger partial charge >= 0.3 is 0 Å². The summed E-state index contributed by atoms with van der Waals surface area (Å²) in [5, 5.41) is 12.3. The molecule has 0 aliphatic carbocycles. The summed E-state index contributed by atoms with van der Waals surface area (Å²) in [6, 6.07) is 17.9. The van der Waals surface area contributed by atoms with Gasteiger partial charge < -0.3 is 19.9 Å². The molecule has 0 unspecified atom stereocenters. The summed E-state index contributed by atoms with van der Waals surface area (Å²) in [7, 11) is 1.72. The number of nitrogens with zero attached hydrogens (tertiary/aromatic N) is 4. The quantitative estimate of drug-likeness (QED) is 0.383. The molecular weight excluding hydrogens is 477 g/mol. The molecule has 0 atom stereocenters. The van der Waals surface area contributed by atoms with Crippen molar-refractivity contribution in [2.75, 3.05) is 44.7 Å². The summed E-state index contributed by atoms with van der Waals surface area (Å²) in [5.41, 5.74) is 2.92. The van der Waals surface area contributed by atoms with E-state index in [4.69, 9.17) is 15.0 Å². The number of benzene rings is 2. The monoisotopic (exact) mass is 505 g/mol. The molecule has 1 aliphatic heterocycles. The first-order valence-electron chi connectivity index (χ1n) is 9.65.